The molecule has 2 aromatic rings. The molecule has 3 fully saturated rings. The third kappa shape index (κ3) is 4.90. The maximum Gasteiger partial charge on any atom is 0.310 e. The van der Waals surface area contributed by atoms with Gasteiger partial charge >= 0.3 is 5.97 Å². The predicted octanol–water partition coefficient (Wildman–Crippen LogP) is 5.11. The van der Waals surface area contributed by atoms with Crippen molar-refractivity contribution >= 4 is 46.8 Å². The SMILES string of the molecule is C=CCCOC(=O)[C@@H]1[C@H]2C(=O)N([C@H](CO)c3ccccc3)C(C(=O)N(CC=C)c3c(C)cccc3Cl)C23CC[C@H]1S3. The van der Waals surface area contributed by atoms with Gasteiger partial charge in [-0.2, -0.15) is 0 Å². The van der Waals surface area contributed by atoms with E-state index < -0.39 is 34.6 Å². The Bertz CT molecular complexity index is 1330. The molecule has 3 saturated heterocycles. The summed E-state index contributed by atoms with van der Waals surface area (Å²) in [5.74, 6) is -2.44. The van der Waals surface area contributed by atoms with Crippen molar-refractivity contribution in [1.82, 2.24) is 4.90 Å². The standard InChI is InChI=1S/C32H35ClN2O5S/c1-4-6-18-40-31(39)25-24-15-16-32(41-24)26(25)29(37)35(23(19-36)21-12-8-7-9-13-21)28(32)30(38)34(17-5-2)27-20(3)11-10-14-22(27)33/h4-5,7-14,23-26,28,36H,1-2,6,15-19H2,3H3/t23-,24-,25+,26+,28?,32?/m1/s1. The van der Waals surface area contributed by atoms with Crippen molar-refractivity contribution in [2.75, 3.05) is 24.7 Å². The lowest BCUT2D eigenvalue weighted by molar-refractivity contribution is -0.154. The van der Waals surface area contributed by atoms with Crippen molar-refractivity contribution in [3.8, 4) is 0 Å². The number of likely N-dealkylation sites (tertiary alicyclic amines) is 1. The first-order valence-corrected chi connectivity index (χ1v) is 15.2. The number of fused-ring (bicyclic) bond motifs is 1. The average Bonchev–Trinajstić information content (AvgIpc) is 3.61. The highest BCUT2D eigenvalue weighted by Gasteiger charge is 2.75. The van der Waals surface area contributed by atoms with Crippen LogP contribution in [0.1, 0.15) is 36.4 Å². The highest BCUT2D eigenvalue weighted by molar-refractivity contribution is 8.02. The Hall–Kier alpha value is -3.07. The van der Waals surface area contributed by atoms with Crippen LogP contribution in [0.15, 0.2) is 73.8 Å². The van der Waals surface area contributed by atoms with E-state index in [-0.39, 0.29) is 36.8 Å². The third-order valence-electron chi connectivity index (χ3n) is 8.54. The summed E-state index contributed by atoms with van der Waals surface area (Å²) in [7, 11) is 0. The molecule has 5 rings (SSSR count). The lowest BCUT2D eigenvalue weighted by atomic mass is 9.71. The molecule has 3 aliphatic rings. The van der Waals surface area contributed by atoms with Crippen LogP contribution in [-0.4, -0.2) is 63.6 Å². The van der Waals surface area contributed by atoms with Crippen molar-refractivity contribution in [1.29, 1.82) is 0 Å². The van der Waals surface area contributed by atoms with Crippen LogP contribution in [0, 0.1) is 18.8 Å². The number of nitrogens with zero attached hydrogens (tertiary/aromatic N) is 2. The molecule has 2 unspecified atom stereocenters. The van der Waals surface area contributed by atoms with E-state index in [9.17, 15) is 19.5 Å². The molecular formula is C32H35ClN2O5S. The topological polar surface area (TPSA) is 87.1 Å². The quantitative estimate of drug-likeness (QED) is 0.221. The van der Waals surface area contributed by atoms with Gasteiger partial charge in [0.1, 0.15) is 6.04 Å². The van der Waals surface area contributed by atoms with E-state index in [1.807, 2.05) is 49.4 Å². The Morgan fingerprint density at radius 2 is 1.98 bits per heavy atom. The van der Waals surface area contributed by atoms with E-state index >= 15 is 0 Å². The number of hydrogen-bond donors (Lipinski definition) is 1. The van der Waals surface area contributed by atoms with Crippen molar-refractivity contribution in [2.45, 2.75) is 48.3 Å². The van der Waals surface area contributed by atoms with Crippen LogP contribution in [0.3, 0.4) is 0 Å². The predicted molar refractivity (Wildman–Crippen MR) is 162 cm³/mol. The number of ether oxygens (including phenoxy) is 1. The lowest BCUT2D eigenvalue weighted by Gasteiger charge is -2.40. The Labute approximate surface area is 250 Å². The molecule has 3 aliphatic heterocycles. The number of para-hydroxylation sites is 1. The second kappa shape index (κ2) is 12.0. The normalized spacial score (nSPS) is 26.9. The van der Waals surface area contributed by atoms with Crippen LogP contribution in [0.4, 0.5) is 5.69 Å². The average molecular weight is 595 g/mol. The second-order valence-electron chi connectivity index (χ2n) is 10.8. The maximum atomic E-state index is 14.9. The molecule has 2 bridgehead atoms. The van der Waals surface area contributed by atoms with Gasteiger partial charge in [0.25, 0.3) is 5.91 Å². The summed E-state index contributed by atoms with van der Waals surface area (Å²) in [6.07, 6.45) is 5.11. The van der Waals surface area contributed by atoms with E-state index in [1.165, 1.54) is 0 Å². The number of halogens is 1. The van der Waals surface area contributed by atoms with Gasteiger partial charge in [-0.25, -0.2) is 0 Å². The summed E-state index contributed by atoms with van der Waals surface area (Å²) >= 11 is 8.21. The molecule has 0 aromatic heterocycles. The minimum atomic E-state index is -0.936. The first-order chi connectivity index (χ1) is 19.8. The molecule has 1 spiro atoms. The van der Waals surface area contributed by atoms with Gasteiger partial charge in [-0.05, 0) is 43.4 Å². The number of aliphatic hydroxyl groups excluding tert-OH is 1. The molecule has 9 heteroatoms. The van der Waals surface area contributed by atoms with Crippen molar-refractivity contribution in [3.63, 3.8) is 0 Å². The number of anilines is 1. The van der Waals surface area contributed by atoms with Crippen LogP contribution in [0.25, 0.3) is 0 Å². The summed E-state index contributed by atoms with van der Waals surface area (Å²) in [6.45, 7) is 9.44. The summed E-state index contributed by atoms with van der Waals surface area (Å²) < 4.78 is 4.74. The fourth-order valence-corrected chi connectivity index (χ4v) is 9.39. The molecule has 41 heavy (non-hydrogen) atoms. The van der Waals surface area contributed by atoms with Crippen molar-refractivity contribution < 1.29 is 24.2 Å². The van der Waals surface area contributed by atoms with Crippen LogP contribution in [0.2, 0.25) is 5.02 Å². The van der Waals surface area contributed by atoms with Gasteiger partial charge in [0.15, 0.2) is 0 Å². The van der Waals surface area contributed by atoms with Gasteiger partial charge in [0, 0.05) is 11.8 Å². The van der Waals surface area contributed by atoms with E-state index in [0.29, 0.717) is 35.5 Å². The molecule has 0 saturated carbocycles. The van der Waals surface area contributed by atoms with Gasteiger partial charge in [-0.3, -0.25) is 14.4 Å². The number of carbonyl (C=O) groups is 3. The summed E-state index contributed by atoms with van der Waals surface area (Å²) in [5.41, 5.74) is 2.09. The summed E-state index contributed by atoms with van der Waals surface area (Å²) in [4.78, 5) is 45.9. The minimum absolute atomic E-state index is 0.128. The molecule has 7 nitrogen and oxygen atoms in total. The van der Waals surface area contributed by atoms with Gasteiger partial charge < -0.3 is 19.6 Å². The lowest BCUT2D eigenvalue weighted by Crippen LogP contribution is -2.56. The molecule has 2 aromatic carbocycles. The van der Waals surface area contributed by atoms with Gasteiger partial charge in [-0.1, -0.05) is 66.2 Å². The van der Waals surface area contributed by atoms with Crippen LogP contribution < -0.4 is 4.90 Å². The van der Waals surface area contributed by atoms with Crippen molar-refractivity contribution in [2.24, 2.45) is 11.8 Å². The number of rotatable bonds is 11. The highest BCUT2D eigenvalue weighted by Crippen LogP contribution is 2.67. The number of hydrogen-bond acceptors (Lipinski definition) is 6. The molecule has 0 aliphatic carbocycles. The Balaban J connectivity index is 1.64. The number of aliphatic hydroxyl groups is 1. The minimum Gasteiger partial charge on any atom is -0.465 e. The fraction of sp³-hybridized carbons (Fsp3) is 0.406. The summed E-state index contributed by atoms with van der Waals surface area (Å²) in [5, 5.41) is 11.0. The van der Waals surface area contributed by atoms with Gasteiger partial charge in [0.2, 0.25) is 5.91 Å². The first-order valence-electron chi connectivity index (χ1n) is 13.9. The van der Waals surface area contributed by atoms with E-state index in [4.69, 9.17) is 16.3 Å². The molecule has 1 N–H and O–H groups in total. The summed E-state index contributed by atoms with van der Waals surface area (Å²) in [6, 6.07) is 13.0. The van der Waals surface area contributed by atoms with E-state index in [0.717, 1.165) is 5.56 Å². The largest absolute Gasteiger partial charge is 0.465 e. The van der Waals surface area contributed by atoms with Crippen LogP contribution >= 0.6 is 23.4 Å². The fourth-order valence-electron chi connectivity index (χ4n) is 6.88. The molecule has 6 atom stereocenters. The Kier molecular flexibility index (Phi) is 8.64. The zero-order valence-electron chi connectivity index (χ0n) is 23.1. The van der Waals surface area contributed by atoms with Crippen LogP contribution in [0.5, 0.6) is 0 Å². The molecule has 0 radical (unpaired) electrons. The molecular weight excluding hydrogens is 560 g/mol. The smallest absolute Gasteiger partial charge is 0.310 e. The Morgan fingerprint density at radius 1 is 1.22 bits per heavy atom. The monoisotopic (exact) mass is 594 g/mol. The maximum absolute atomic E-state index is 14.9. The Morgan fingerprint density at radius 3 is 2.63 bits per heavy atom. The van der Waals surface area contributed by atoms with Crippen LogP contribution in [-0.2, 0) is 19.1 Å². The van der Waals surface area contributed by atoms with E-state index in [2.05, 4.69) is 13.2 Å². The van der Waals surface area contributed by atoms with Crippen molar-refractivity contribution in [3.05, 3.63) is 90.0 Å². The van der Waals surface area contributed by atoms with Gasteiger partial charge in [-0.15, -0.1) is 24.9 Å². The molecule has 3 heterocycles. The number of esters is 1. The third-order valence-corrected chi connectivity index (χ3v) is 10.8. The zero-order chi connectivity index (χ0) is 29.3. The second-order valence-corrected chi connectivity index (χ2v) is 12.8. The molecule has 216 valence electrons. The van der Waals surface area contributed by atoms with Gasteiger partial charge in [0.05, 0.1) is 46.5 Å². The molecule has 2 amide bonds. The number of amides is 2. The number of aryl methyl sites for hydroxylation is 1. The first kappa shape index (κ1) is 29.4. The zero-order valence-corrected chi connectivity index (χ0v) is 24.7. The number of thioether (sulfide) groups is 1. The number of benzene rings is 2. The van der Waals surface area contributed by atoms with E-state index in [1.54, 1.807) is 39.8 Å². The number of carbonyl (C=O) groups excluding carboxylic acids is 3. The highest BCUT2D eigenvalue weighted by atomic mass is 35.5.